The molecule has 0 aromatic heterocycles. The highest BCUT2D eigenvalue weighted by Crippen LogP contribution is 2.54. The summed E-state index contributed by atoms with van der Waals surface area (Å²) in [4.78, 5) is 0. The minimum atomic E-state index is 0.371. The van der Waals surface area contributed by atoms with Gasteiger partial charge in [0.2, 0.25) is 0 Å². The average Bonchev–Trinajstić information content (AvgIpc) is 3.56. The summed E-state index contributed by atoms with van der Waals surface area (Å²) in [6, 6.07) is 43.1. The van der Waals surface area contributed by atoms with E-state index in [1.165, 1.54) is 84.1 Å². The molecule has 0 saturated carbocycles. The first-order valence-electron chi connectivity index (χ1n) is 17.9. The Bertz CT molecular complexity index is 2370. The van der Waals surface area contributed by atoms with Gasteiger partial charge in [0.1, 0.15) is 0 Å². The molecule has 1 saturated heterocycles. The van der Waals surface area contributed by atoms with Crippen molar-refractivity contribution in [2.75, 3.05) is 0 Å². The van der Waals surface area contributed by atoms with Gasteiger partial charge in [0.15, 0.2) is 0 Å². The summed E-state index contributed by atoms with van der Waals surface area (Å²) in [5.74, 6) is 1.63. The number of allylic oxidation sites excluding steroid dienone is 9. The minimum Gasteiger partial charge on any atom is -0.149 e. The van der Waals surface area contributed by atoms with Crippen LogP contribution >= 0.6 is 11.8 Å². The largest absolute Gasteiger partial charge is 0.149 e. The normalized spacial score (nSPS) is 24.2. The maximum atomic E-state index is 2.51. The van der Waals surface area contributed by atoms with Gasteiger partial charge in [0.25, 0.3) is 0 Å². The van der Waals surface area contributed by atoms with Crippen molar-refractivity contribution in [2.24, 2.45) is 11.8 Å². The van der Waals surface area contributed by atoms with Crippen LogP contribution in [0.1, 0.15) is 41.9 Å². The van der Waals surface area contributed by atoms with E-state index in [0.29, 0.717) is 23.0 Å². The molecular weight excluding hydrogens is 609 g/mol. The van der Waals surface area contributed by atoms with Crippen molar-refractivity contribution in [3.63, 3.8) is 0 Å². The Morgan fingerprint density at radius 2 is 1.29 bits per heavy atom. The molecule has 1 heteroatoms. The highest BCUT2D eigenvalue weighted by molar-refractivity contribution is 8.01. The zero-order valence-electron chi connectivity index (χ0n) is 27.5. The van der Waals surface area contributed by atoms with Crippen LogP contribution in [0.2, 0.25) is 0 Å². The van der Waals surface area contributed by atoms with E-state index in [0.717, 1.165) is 11.7 Å². The predicted molar refractivity (Wildman–Crippen MR) is 213 cm³/mol. The summed E-state index contributed by atoms with van der Waals surface area (Å²) < 4.78 is 0. The van der Waals surface area contributed by atoms with Crippen molar-refractivity contribution >= 4 is 55.2 Å². The van der Waals surface area contributed by atoms with Crippen molar-refractivity contribution in [1.82, 2.24) is 0 Å². The standard InChI is InChI=1S/C48H38S/c1-2-16-36-31(12-1)13-10-22-37(36)32-26-28-33(29-27-32)46-40-18-3-5-20-42(40)47(43-21-6-4-19-41(43)46)35-15-9-14-34(30-35)38-23-11-24-44-39-17-7-8-25-45(39)49-48(38)44/h1-7,9-24,26,28-30,32,39,44-45,48H,8,25,27H2. The van der Waals surface area contributed by atoms with Crippen molar-refractivity contribution in [3.05, 3.63) is 181 Å². The third kappa shape index (κ3) is 4.82. The fourth-order valence-corrected chi connectivity index (χ4v) is 11.1. The van der Waals surface area contributed by atoms with Crippen LogP contribution in [0.4, 0.5) is 0 Å². The van der Waals surface area contributed by atoms with Crippen LogP contribution in [-0.2, 0) is 0 Å². The Morgan fingerprint density at radius 3 is 2.06 bits per heavy atom. The van der Waals surface area contributed by atoms with Gasteiger partial charge >= 0.3 is 0 Å². The highest BCUT2D eigenvalue weighted by Gasteiger charge is 2.44. The summed E-state index contributed by atoms with van der Waals surface area (Å²) in [6.07, 6.45) is 22.9. The Kier molecular flexibility index (Phi) is 7.09. The van der Waals surface area contributed by atoms with E-state index in [4.69, 9.17) is 0 Å². The van der Waals surface area contributed by atoms with Crippen molar-refractivity contribution in [2.45, 2.75) is 35.7 Å². The van der Waals surface area contributed by atoms with E-state index >= 15 is 0 Å². The third-order valence-corrected chi connectivity index (χ3v) is 13.2. The highest BCUT2D eigenvalue weighted by atomic mass is 32.2. The summed E-state index contributed by atoms with van der Waals surface area (Å²) >= 11 is 2.22. The quantitative estimate of drug-likeness (QED) is 0.136. The molecule has 49 heavy (non-hydrogen) atoms. The molecule has 6 aromatic rings. The van der Waals surface area contributed by atoms with Gasteiger partial charge < -0.3 is 0 Å². The summed E-state index contributed by atoms with van der Waals surface area (Å²) in [6.45, 7) is 0. The number of thioether (sulfide) groups is 1. The molecule has 5 atom stereocenters. The molecule has 4 aliphatic rings. The van der Waals surface area contributed by atoms with Gasteiger partial charge in [-0.05, 0) is 103 Å². The molecule has 3 aliphatic carbocycles. The molecule has 0 spiro atoms. The van der Waals surface area contributed by atoms with E-state index < -0.39 is 0 Å². The Morgan fingerprint density at radius 1 is 0.592 bits per heavy atom. The number of rotatable bonds is 4. The van der Waals surface area contributed by atoms with Crippen LogP contribution in [0.25, 0.3) is 54.6 Å². The zero-order valence-corrected chi connectivity index (χ0v) is 28.3. The van der Waals surface area contributed by atoms with Crippen molar-refractivity contribution < 1.29 is 0 Å². The topological polar surface area (TPSA) is 0 Å². The molecule has 0 N–H and O–H groups in total. The summed E-state index contributed by atoms with van der Waals surface area (Å²) in [5, 5.41) is 9.22. The first-order valence-corrected chi connectivity index (χ1v) is 18.9. The number of benzene rings is 6. The van der Waals surface area contributed by atoms with E-state index in [9.17, 15) is 0 Å². The maximum absolute atomic E-state index is 2.51. The van der Waals surface area contributed by atoms with E-state index in [-0.39, 0.29) is 0 Å². The summed E-state index contributed by atoms with van der Waals surface area (Å²) in [7, 11) is 0. The Hall–Kier alpha value is -4.85. The number of fused-ring (bicyclic) bond motifs is 6. The second kappa shape index (κ2) is 11.9. The molecule has 10 rings (SSSR count). The van der Waals surface area contributed by atoms with Crippen LogP contribution in [0.5, 0.6) is 0 Å². The minimum absolute atomic E-state index is 0.371. The lowest BCUT2D eigenvalue weighted by atomic mass is 9.77. The molecule has 5 unspecified atom stereocenters. The van der Waals surface area contributed by atoms with Gasteiger partial charge in [-0.3, -0.25) is 0 Å². The molecule has 0 nitrogen and oxygen atoms in total. The first kappa shape index (κ1) is 29.1. The van der Waals surface area contributed by atoms with E-state index in [1.807, 2.05) is 0 Å². The average molecular weight is 647 g/mol. The lowest BCUT2D eigenvalue weighted by Gasteiger charge is -2.26. The van der Waals surface area contributed by atoms with Gasteiger partial charge in [0.05, 0.1) is 0 Å². The monoisotopic (exact) mass is 646 g/mol. The third-order valence-electron chi connectivity index (χ3n) is 11.5. The van der Waals surface area contributed by atoms with Crippen molar-refractivity contribution in [1.29, 1.82) is 0 Å². The molecule has 236 valence electrons. The zero-order chi connectivity index (χ0) is 32.3. The van der Waals surface area contributed by atoms with Crippen LogP contribution in [0.3, 0.4) is 0 Å². The van der Waals surface area contributed by atoms with Crippen molar-refractivity contribution in [3.8, 4) is 11.1 Å². The maximum Gasteiger partial charge on any atom is 0.0375 e. The van der Waals surface area contributed by atoms with Crippen LogP contribution < -0.4 is 0 Å². The second-order valence-electron chi connectivity index (χ2n) is 14.1. The second-order valence-corrected chi connectivity index (χ2v) is 15.5. The predicted octanol–water partition coefficient (Wildman–Crippen LogP) is 13.0. The van der Waals surface area contributed by atoms with E-state index in [2.05, 4.69) is 176 Å². The lowest BCUT2D eigenvalue weighted by Crippen LogP contribution is -2.22. The molecule has 1 fully saturated rings. The van der Waals surface area contributed by atoms with Crippen LogP contribution in [0.15, 0.2) is 164 Å². The molecule has 1 heterocycles. The molecule has 0 radical (unpaired) electrons. The lowest BCUT2D eigenvalue weighted by molar-refractivity contribution is 0.474. The molecule has 0 bridgehead atoms. The number of hydrogen-bond donors (Lipinski definition) is 0. The van der Waals surface area contributed by atoms with E-state index in [1.54, 1.807) is 0 Å². The smallest absolute Gasteiger partial charge is 0.0375 e. The molecular formula is C48H38S. The van der Waals surface area contributed by atoms with Crippen LogP contribution in [-0.4, -0.2) is 10.5 Å². The molecule has 1 aliphatic heterocycles. The van der Waals surface area contributed by atoms with Gasteiger partial charge in [-0.2, -0.15) is 0 Å². The van der Waals surface area contributed by atoms with Crippen LogP contribution in [0, 0.1) is 11.8 Å². The van der Waals surface area contributed by atoms with Gasteiger partial charge in [-0.1, -0.05) is 158 Å². The summed E-state index contributed by atoms with van der Waals surface area (Å²) in [5.41, 5.74) is 9.57. The van der Waals surface area contributed by atoms with Gasteiger partial charge in [-0.25, -0.2) is 0 Å². The van der Waals surface area contributed by atoms with Gasteiger partial charge in [0, 0.05) is 22.3 Å². The Balaban J connectivity index is 1.07. The SMILES string of the molecule is C1=CC2C(SC3CCC=CC32)C(c2cccc(-c3c4ccccc4c(C4=CCC(c5cccc6ccccc56)C=C4)c4ccccc34)c2)=C1. The van der Waals surface area contributed by atoms with Gasteiger partial charge in [-0.15, -0.1) is 11.8 Å². The molecule has 6 aromatic carbocycles. The fraction of sp³-hybridized carbons (Fsp3) is 0.167. The fourth-order valence-electron chi connectivity index (χ4n) is 9.21. The first-order chi connectivity index (χ1) is 24.3. The molecule has 0 amide bonds. The number of hydrogen-bond acceptors (Lipinski definition) is 1. The Labute approximate surface area is 293 Å².